The summed E-state index contributed by atoms with van der Waals surface area (Å²) in [5.41, 5.74) is 2.25. The van der Waals surface area contributed by atoms with Crippen molar-refractivity contribution in [1.29, 1.82) is 0 Å². The van der Waals surface area contributed by atoms with E-state index >= 15 is 0 Å². The lowest BCUT2D eigenvalue weighted by molar-refractivity contribution is 0.466. The lowest BCUT2D eigenvalue weighted by Gasteiger charge is -2.06. The third-order valence-corrected chi connectivity index (χ3v) is 2.81. The van der Waals surface area contributed by atoms with E-state index in [0.29, 0.717) is 6.04 Å². The normalized spacial score (nSPS) is 11.3. The number of aromatic nitrogens is 2. The zero-order valence-corrected chi connectivity index (χ0v) is 11.3. The summed E-state index contributed by atoms with van der Waals surface area (Å²) in [5.74, 6) is 0.972. The lowest BCUT2D eigenvalue weighted by Crippen LogP contribution is -2.21. The fraction of sp³-hybridized carbons (Fsp3) is 0.500. The van der Waals surface area contributed by atoms with Gasteiger partial charge in [-0.15, -0.1) is 0 Å². The van der Waals surface area contributed by atoms with Gasteiger partial charge in [-0.3, -0.25) is 4.68 Å². The van der Waals surface area contributed by atoms with E-state index in [9.17, 15) is 0 Å². The molecule has 1 N–H and O–H groups in total. The Morgan fingerprint density at radius 2 is 2.28 bits per heavy atom. The van der Waals surface area contributed by atoms with Crippen molar-refractivity contribution in [2.24, 2.45) is 0 Å². The highest BCUT2D eigenvalue weighted by atomic mass is 16.3. The van der Waals surface area contributed by atoms with E-state index < -0.39 is 0 Å². The van der Waals surface area contributed by atoms with Gasteiger partial charge in [0.1, 0.15) is 5.76 Å². The van der Waals surface area contributed by atoms with Gasteiger partial charge in [0.15, 0.2) is 0 Å². The maximum Gasteiger partial charge on any atom is 0.125 e. The van der Waals surface area contributed by atoms with E-state index in [1.807, 2.05) is 16.9 Å². The number of hydrogen-bond donors (Lipinski definition) is 1. The molecule has 4 heteroatoms. The summed E-state index contributed by atoms with van der Waals surface area (Å²) in [7, 11) is 0. The molecule has 0 saturated carbocycles. The molecule has 0 amide bonds. The predicted octanol–water partition coefficient (Wildman–Crippen LogP) is 3.05. The Balaban J connectivity index is 2.14. The van der Waals surface area contributed by atoms with E-state index in [-0.39, 0.29) is 0 Å². The number of rotatable bonds is 6. The van der Waals surface area contributed by atoms with Gasteiger partial charge in [-0.1, -0.05) is 20.8 Å². The molecular formula is C14H21N3O. The maximum absolute atomic E-state index is 5.54. The second-order valence-electron chi connectivity index (χ2n) is 4.79. The van der Waals surface area contributed by atoms with Gasteiger partial charge in [0.25, 0.3) is 0 Å². The topological polar surface area (TPSA) is 43.0 Å². The van der Waals surface area contributed by atoms with Crippen LogP contribution in [0.25, 0.3) is 11.1 Å². The van der Waals surface area contributed by atoms with Crippen LogP contribution in [0.4, 0.5) is 0 Å². The Hall–Kier alpha value is -1.55. The van der Waals surface area contributed by atoms with Crippen LogP contribution in [-0.2, 0) is 13.1 Å². The van der Waals surface area contributed by atoms with Gasteiger partial charge >= 0.3 is 0 Å². The monoisotopic (exact) mass is 247 g/mol. The molecule has 0 spiro atoms. The molecule has 0 atom stereocenters. The van der Waals surface area contributed by atoms with Crippen LogP contribution in [0.3, 0.4) is 0 Å². The van der Waals surface area contributed by atoms with E-state index in [1.165, 1.54) is 0 Å². The van der Waals surface area contributed by atoms with Crippen molar-refractivity contribution in [2.75, 3.05) is 0 Å². The first-order chi connectivity index (χ1) is 8.70. The molecule has 0 unspecified atom stereocenters. The smallest absolute Gasteiger partial charge is 0.125 e. The molecule has 2 rings (SSSR count). The molecule has 0 aliphatic rings. The molecule has 0 fully saturated rings. The average Bonchev–Trinajstić information content (AvgIpc) is 2.94. The minimum Gasteiger partial charge on any atom is -0.467 e. The third-order valence-electron chi connectivity index (χ3n) is 2.81. The van der Waals surface area contributed by atoms with Crippen molar-refractivity contribution in [2.45, 2.75) is 46.3 Å². The van der Waals surface area contributed by atoms with Gasteiger partial charge in [0.05, 0.1) is 19.0 Å². The zero-order chi connectivity index (χ0) is 13.0. The number of aryl methyl sites for hydroxylation is 1. The van der Waals surface area contributed by atoms with Gasteiger partial charge < -0.3 is 9.73 Å². The van der Waals surface area contributed by atoms with Gasteiger partial charge in [-0.05, 0) is 12.5 Å². The van der Waals surface area contributed by atoms with E-state index in [2.05, 4.69) is 37.4 Å². The largest absolute Gasteiger partial charge is 0.467 e. The number of furan rings is 1. The molecule has 2 aromatic rings. The second kappa shape index (κ2) is 5.87. The first kappa shape index (κ1) is 12.9. The molecule has 18 heavy (non-hydrogen) atoms. The summed E-state index contributed by atoms with van der Waals surface area (Å²) < 4.78 is 7.51. The van der Waals surface area contributed by atoms with Crippen LogP contribution in [0.2, 0.25) is 0 Å². The van der Waals surface area contributed by atoms with Gasteiger partial charge in [-0.25, -0.2) is 0 Å². The Bertz CT molecular complexity index is 485. The standard InChI is InChI=1S/C14H21N3O/c1-4-6-17-10-12(8-16-17)13-5-7-18-14(13)9-15-11(2)3/h5,7-8,10-11,15H,4,6,9H2,1-3H3. The maximum atomic E-state index is 5.54. The van der Waals surface area contributed by atoms with Crippen LogP contribution in [0.5, 0.6) is 0 Å². The Kier molecular flexibility index (Phi) is 4.20. The van der Waals surface area contributed by atoms with Crippen LogP contribution in [0.1, 0.15) is 33.0 Å². The molecule has 0 aromatic carbocycles. The third kappa shape index (κ3) is 3.01. The van der Waals surface area contributed by atoms with Gasteiger partial charge in [0, 0.05) is 29.9 Å². The van der Waals surface area contributed by atoms with E-state index in [4.69, 9.17) is 4.42 Å². The van der Waals surface area contributed by atoms with Crippen LogP contribution in [0, 0.1) is 0 Å². The van der Waals surface area contributed by atoms with Crippen LogP contribution < -0.4 is 5.32 Å². The van der Waals surface area contributed by atoms with E-state index in [0.717, 1.165) is 36.4 Å². The molecule has 0 bridgehead atoms. The highest BCUT2D eigenvalue weighted by molar-refractivity contribution is 5.63. The summed E-state index contributed by atoms with van der Waals surface area (Å²) in [6.07, 6.45) is 6.81. The van der Waals surface area contributed by atoms with Crippen LogP contribution in [-0.4, -0.2) is 15.8 Å². The zero-order valence-electron chi connectivity index (χ0n) is 11.3. The number of hydrogen-bond acceptors (Lipinski definition) is 3. The molecule has 0 saturated heterocycles. The lowest BCUT2D eigenvalue weighted by atomic mass is 10.1. The Labute approximate surface area is 108 Å². The van der Waals surface area contributed by atoms with Crippen molar-refractivity contribution in [3.05, 3.63) is 30.5 Å². The summed E-state index contributed by atoms with van der Waals surface area (Å²) in [6.45, 7) is 8.11. The molecule has 0 aliphatic carbocycles. The van der Waals surface area contributed by atoms with Crippen molar-refractivity contribution in [1.82, 2.24) is 15.1 Å². The van der Waals surface area contributed by atoms with Crippen molar-refractivity contribution in [3.8, 4) is 11.1 Å². The SMILES string of the molecule is CCCn1cc(-c2ccoc2CNC(C)C)cn1. The second-order valence-corrected chi connectivity index (χ2v) is 4.79. The summed E-state index contributed by atoms with van der Waals surface area (Å²) in [4.78, 5) is 0. The quantitative estimate of drug-likeness (QED) is 0.853. The molecule has 98 valence electrons. The van der Waals surface area contributed by atoms with E-state index in [1.54, 1.807) is 6.26 Å². The molecule has 0 radical (unpaired) electrons. The average molecular weight is 247 g/mol. The molecule has 0 aliphatic heterocycles. The fourth-order valence-corrected chi connectivity index (χ4v) is 1.89. The Morgan fingerprint density at radius 1 is 1.44 bits per heavy atom. The highest BCUT2D eigenvalue weighted by Crippen LogP contribution is 2.24. The van der Waals surface area contributed by atoms with Gasteiger partial charge in [-0.2, -0.15) is 5.10 Å². The number of nitrogens with one attached hydrogen (secondary N) is 1. The fourth-order valence-electron chi connectivity index (χ4n) is 1.89. The minimum atomic E-state index is 0.450. The highest BCUT2D eigenvalue weighted by Gasteiger charge is 2.10. The summed E-state index contributed by atoms with van der Waals surface area (Å²) in [5, 5.41) is 7.72. The molecule has 2 aromatic heterocycles. The predicted molar refractivity (Wildman–Crippen MR) is 72.2 cm³/mol. The van der Waals surface area contributed by atoms with Crippen molar-refractivity contribution >= 4 is 0 Å². The number of nitrogens with zero attached hydrogens (tertiary/aromatic N) is 2. The van der Waals surface area contributed by atoms with Crippen molar-refractivity contribution < 1.29 is 4.42 Å². The molecule has 4 nitrogen and oxygen atoms in total. The van der Waals surface area contributed by atoms with Gasteiger partial charge in [0.2, 0.25) is 0 Å². The molecule has 2 heterocycles. The van der Waals surface area contributed by atoms with Crippen LogP contribution in [0.15, 0.2) is 29.1 Å². The summed E-state index contributed by atoms with van der Waals surface area (Å²) in [6, 6.07) is 2.45. The Morgan fingerprint density at radius 3 is 3.00 bits per heavy atom. The first-order valence-corrected chi connectivity index (χ1v) is 6.53. The van der Waals surface area contributed by atoms with Crippen LogP contribution >= 0.6 is 0 Å². The summed E-state index contributed by atoms with van der Waals surface area (Å²) >= 11 is 0. The minimum absolute atomic E-state index is 0.450. The first-order valence-electron chi connectivity index (χ1n) is 6.53. The van der Waals surface area contributed by atoms with Crippen molar-refractivity contribution in [3.63, 3.8) is 0 Å². The molecular weight excluding hydrogens is 226 g/mol.